The van der Waals surface area contributed by atoms with Gasteiger partial charge in [-0.05, 0) is 42.8 Å². The molecule has 0 radical (unpaired) electrons. The van der Waals surface area contributed by atoms with Crippen LogP contribution in [0.5, 0.6) is 5.75 Å². The number of rotatable bonds is 4. The second kappa shape index (κ2) is 6.01. The molecule has 0 aliphatic carbocycles. The van der Waals surface area contributed by atoms with Crippen LogP contribution in [0.25, 0.3) is 16.9 Å². The van der Waals surface area contributed by atoms with E-state index in [9.17, 15) is 0 Å². The van der Waals surface area contributed by atoms with E-state index in [0.717, 1.165) is 33.9 Å². The van der Waals surface area contributed by atoms with Gasteiger partial charge in [0.15, 0.2) is 0 Å². The Morgan fingerprint density at radius 2 is 1.96 bits per heavy atom. The van der Waals surface area contributed by atoms with E-state index >= 15 is 0 Å². The normalized spacial score (nSPS) is 12.3. The molecule has 1 aromatic carbocycles. The summed E-state index contributed by atoms with van der Waals surface area (Å²) >= 11 is 5.23. The van der Waals surface area contributed by atoms with Gasteiger partial charge in [0.1, 0.15) is 11.4 Å². The van der Waals surface area contributed by atoms with Gasteiger partial charge in [0.25, 0.3) is 0 Å². The second-order valence-electron chi connectivity index (χ2n) is 5.58. The first-order chi connectivity index (χ1) is 11.0. The molecule has 2 aromatic heterocycles. The lowest BCUT2D eigenvalue weighted by Crippen LogP contribution is -2.18. The second-order valence-corrected chi connectivity index (χ2v) is 6.05. The Balaban J connectivity index is 2.27. The molecular formula is C18H19N3OS. The van der Waals surface area contributed by atoms with E-state index in [4.69, 9.17) is 27.7 Å². The molecule has 3 rings (SSSR count). The molecule has 3 aromatic rings. The highest BCUT2D eigenvalue weighted by molar-refractivity contribution is 7.80. The third kappa shape index (κ3) is 2.68. The summed E-state index contributed by atoms with van der Waals surface area (Å²) in [5.41, 5.74) is 10.9. The molecule has 1 unspecified atom stereocenters. The van der Waals surface area contributed by atoms with E-state index < -0.39 is 0 Å². The molecular weight excluding hydrogens is 306 g/mol. The van der Waals surface area contributed by atoms with Crippen LogP contribution in [-0.2, 0) is 0 Å². The molecule has 118 valence electrons. The monoisotopic (exact) mass is 325 g/mol. The Bertz CT molecular complexity index is 868. The minimum atomic E-state index is -0.0705. The van der Waals surface area contributed by atoms with Crippen molar-refractivity contribution >= 4 is 22.9 Å². The highest BCUT2D eigenvalue weighted by Gasteiger charge is 2.21. The zero-order valence-corrected chi connectivity index (χ0v) is 14.2. The van der Waals surface area contributed by atoms with Gasteiger partial charge in [-0.25, -0.2) is 4.98 Å². The maximum Gasteiger partial charge on any atom is 0.140 e. The van der Waals surface area contributed by atoms with Gasteiger partial charge >= 0.3 is 0 Å². The molecule has 0 saturated heterocycles. The van der Waals surface area contributed by atoms with Crippen molar-refractivity contribution in [3.05, 3.63) is 53.9 Å². The summed E-state index contributed by atoms with van der Waals surface area (Å²) in [4.78, 5) is 5.31. The van der Waals surface area contributed by atoms with Crippen LogP contribution >= 0.6 is 12.2 Å². The molecule has 0 amide bonds. The van der Waals surface area contributed by atoms with Crippen molar-refractivity contribution in [3.8, 4) is 17.0 Å². The number of nitrogens with two attached hydrogens (primary N) is 1. The fraction of sp³-hybridized carbons (Fsp3) is 0.222. The Morgan fingerprint density at radius 1 is 1.26 bits per heavy atom. The summed E-state index contributed by atoms with van der Waals surface area (Å²) in [5, 5.41) is 0. The van der Waals surface area contributed by atoms with Crippen molar-refractivity contribution in [1.82, 2.24) is 9.38 Å². The minimum absolute atomic E-state index is 0.0705. The molecule has 4 nitrogen and oxygen atoms in total. The number of nitrogens with zero attached hydrogens (tertiary/aromatic N) is 2. The van der Waals surface area contributed by atoms with Crippen LogP contribution in [0.2, 0.25) is 0 Å². The molecule has 0 aliphatic heterocycles. The number of aromatic nitrogens is 2. The number of fused-ring (bicyclic) bond motifs is 1. The maximum atomic E-state index is 5.92. The largest absolute Gasteiger partial charge is 0.497 e. The van der Waals surface area contributed by atoms with E-state index in [0.29, 0.717) is 4.99 Å². The lowest BCUT2D eigenvalue weighted by Gasteiger charge is -2.12. The lowest BCUT2D eigenvalue weighted by molar-refractivity contribution is 0.415. The zero-order valence-electron chi connectivity index (χ0n) is 13.4. The number of aryl methyl sites for hydroxylation is 1. The lowest BCUT2D eigenvalue weighted by atomic mass is 10.0. The van der Waals surface area contributed by atoms with Gasteiger partial charge in [0, 0.05) is 17.7 Å². The van der Waals surface area contributed by atoms with Gasteiger partial charge in [-0.15, -0.1) is 0 Å². The van der Waals surface area contributed by atoms with Crippen LogP contribution in [0.1, 0.15) is 24.1 Å². The Morgan fingerprint density at radius 3 is 2.57 bits per heavy atom. The van der Waals surface area contributed by atoms with Crippen molar-refractivity contribution in [1.29, 1.82) is 0 Å². The molecule has 2 heterocycles. The fourth-order valence-electron chi connectivity index (χ4n) is 2.73. The first-order valence-corrected chi connectivity index (χ1v) is 7.85. The molecule has 23 heavy (non-hydrogen) atoms. The molecule has 2 N–H and O–H groups in total. The van der Waals surface area contributed by atoms with Crippen LogP contribution in [0.4, 0.5) is 0 Å². The number of hydrogen-bond acceptors (Lipinski definition) is 3. The van der Waals surface area contributed by atoms with Gasteiger partial charge in [-0.3, -0.25) is 0 Å². The Kier molecular flexibility index (Phi) is 4.05. The van der Waals surface area contributed by atoms with Crippen LogP contribution in [-0.4, -0.2) is 21.5 Å². The van der Waals surface area contributed by atoms with Gasteiger partial charge in [0.05, 0.1) is 23.5 Å². The summed E-state index contributed by atoms with van der Waals surface area (Å²) in [7, 11) is 1.66. The molecule has 0 aliphatic rings. The number of thiocarbonyl (C=S) groups is 1. The summed E-state index contributed by atoms with van der Waals surface area (Å²) in [6.45, 7) is 4.07. The maximum absolute atomic E-state index is 5.92. The molecule has 0 bridgehead atoms. The number of pyridine rings is 1. The van der Waals surface area contributed by atoms with Crippen molar-refractivity contribution in [2.24, 2.45) is 5.73 Å². The molecule has 0 saturated carbocycles. The summed E-state index contributed by atoms with van der Waals surface area (Å²) in [6, 6.07) is 11.9. The number of benzene rings is 1. The van der Waals surface area contributed by atoms with Gasteiger partial charge < -0.3 is 14.9 Å². The van der Waals surface area contributed by atoms with Gasteiger partial charge in [-0.1, -0.05) is 25.2 Å². The Hall–Kier alpha value is -2.40. The third-order valence-corrected chi connectivity index (χ3v) is 4.44. The SMILES string of the molecule is COc1ccc(-c2nc3c(C)cccn3c2C(C)C(N)=S)cc1. The highest BCUT2D eigenvalue weighted by atomic mass is 32.1. The predicted molar refractivity (Wildman–Crippen MR) is 97.1 cm³/mol. The average Bonchev–Trinajstić information content (AvgIpc) is 2.95. The highest BCUT2D eigenvalue weighted by Crippen LogP contribution is 2.32. The third-order valence-electron chi connectivity index (χ3n) is 4.08. The molecule has 0 fully saturated rings. The number of hydrogen-bond donors (Lipinski definition) is 1. The fourth-order valence-corrected chi connectivity index (χ4v) is 2.84. The summed E-state index contributed by atoms with van der Waals surface area (Å²) in [6.07, 6.45) is 2.01. The summed E-state index contributed by atoms with van der Waals surface area (Å²) in [5.74, 6) is 0.747. The number of methoxy groups -OCH3 is 1. The quantitative estimate of drug-likeness (QED) is 0.743. The van der Waals surface area contributed by atoms with Gasteiger partial charge in [0.2, 0.25) is 0 Å². The van der Waals surface area contributed by atoms with Crippen LogP contribution in [0.15, 0.2) is 42.6 Å². The van der Waals surface area contributed by atoms with Crippen molar-refractivity contribution < 1.29 is 4.74 Å². The van der Waals surface area contributed by atoms with Crippen molar-refractivity contribution in [3.63, 3.8) is 0 Å². The van der Waals surface area contributed by atoms with E-state index in [1.807, 2.05) is 43.5 Å². The first kappa shape index (κ1) is 15.5. The number of ether oxygens (including phenoxy) is 1. The Labute approximate surface area is 140 Å². The summed E-state index contributed by atoms with van der Waals surface area (Å²) < 4.78 is 7.31. The van der Waals surface area contributed by atoms with Crippen LogP contribution in [0.3, 0.4) is 0 Å². The molecule has 5 heteroatoms. The van der Waals surface area contributed by atoms with E-state index in [1.54, 1.807) is 7.11 Å². The van der Waals surface area contributed by atoms with E-state index in [2.05, 4.69) is 17.4 Å². The molecule has 0 spiro atoms. The minimum Gasteiger partial charge on any atom is -0.497 e. The van der Waals surface area contributed by atoms with Crippen LogP contribution in [0, 0.1) is 6.92 Å². The van der Waals surface area contributed by atoms with Gasteiger partial charge in [-0.2, -0.15) is 0 Å². The van der Waals surface area contributed by atoms with Crippen molar-refractivity contribution in [2.75, 3.05) is 7.11 Å². The smallest absolute Gasteiger partial charge is 0.140 e. The van der Waals surface area contributed by atoms with E-state index in [1.165, 1.54) is 0 Å². The zero-order chi connectivity index (χ0) is 16.6. The number of imidazole rings is 1. The standard InChI is InChI=1S/C18H19N3OS/c1-11-5-4-10-21-16(12(2)17(19)23)15(20-18(11)21)13-6-8-14(22-3)9-7-13/h4-10,12H,1-3H3,(H2,19,23). The molecule has 1 atom stereocenters. The topological polar surface area (TPSA) is 52.5 Å². The first-order valence-electron chi connectivity index (χ1n) is 7.44. The average molecular weight is 325 g/mol. The van der Waals surface area contributed by atoms with Crippen molar-refractivity contribution in [2.45, 2.75) is 19.8 Å². The van der Waals surface area contributed by atoms with Crippen LogP contribution < -0.4 is 10.5 Å². The van der Waals surface area contributed by atoms with E-state index in [-0.39, 0.29) is 5.92 Å². The predicted octanol–water partition coefficient (Wildman–Crippen LogP) is 3.71.